The van der Waals surface area contributed by atoms with Crippen molar-refractivity contribution in [3.05, 3.63) is 59.9 Å². The molecule has 0 bridgehead atoms. The third-order valence-electron chi connectivity index (χ3n) is 4.88. The first-order valence-corrected chi connectivity index (χ1v) is 8.62. The van der Waals surface area contributed by atoms with E-state index in [2.05, 4.69) is 22.0 Å². The molecule has 25 heavy (non-hydrogen) atoms. The highest BCUT2D eigenvalue weighted by Gasteiger charge is 2.29. The molecule has 0 radical (unpaired) electrons. The van der Waals surface area contributed by atoms with E-state index in [9.17, 15) is 0 Å². The van der Waals surface area contributed by atoms with Crippen LogP contribution in [0.15, 0.2) is 51.7 Å². The number of para-hydroxylation sites is 1. The Kier molecular flexibility index (Phi) is 4.32. The summed E-state index contributed by atoms with van der Waals surface area (Å²) in [5.41, 5.74) is 3.11. The van der Waals surface area contributed by atoms with Crippen LogP contribution in [0.3, 0.4) is 0 Å². The molecule has 0 N–H and O–H groups in total. The lowest BCUT2D eigenvalue weighted by Gasteiger charge is -2.25. The summed E-state index contributed by atoms with van der Waals surface area (Å²) in [5, 5.41) is 0. The number of benzene rings is 1. The Labute approximate surface area is 147 Å². The number of furan rings is 1. The molecule has 1 unspecified atom stereocenters. The highest BCUT2D eigenvalue weighted by Crippen LogP contribution is 2.38. The van der Waals surface area contributed by atoms with Crippen LogP contribution in [0.1, 0.15) is 35.9 Å². The molecule has 0 aliphatic carbocycles. The normalized spacial score (nSPS) is 17.9. The van der Waals surface area contributed by atoms with Crippen molar-refractivity contribution < 1.29 is 13.6 Å². The maximum absolute atomic E-state index is 5.83. The minimum atomic E-state index is 0.352. The predicted molar refractivity (Wildman–Crippen MR) is 94.3 cm³/mol. The number of hydrogen-bond acceptors (Lipinski definition) is 5. The van der Waals surface area contributed by atoms with Crippen LogP contribution in [0.25, 0.3) is 11.5 Å². The molecule has 1 aliphatic rings. The summed E-state index contributed by atoms with van der Waals surface area (Å²) in [6.07, 6.45) is 5.59. The predicted octanol–water partition coefficient (Wildman–Crippen LogP) is 4.59. The Bertz CT molecular complexity index is 839. The van der Waals surface area contributed by atoms with Crippen molar-refractivity contribution in [3.63, 3.8) is 0 Å². The number of rotatable bonds is 5. The first kappa shape index (κ1) is 16.0. The summed E-state index contributed by atoms with van der Waals surface area (Å²) >= 11 is 0. The number of hydrogen-bond donors (Lipinski definition) is 0. The highest BCUT2D eigenvalue weighted by molar-refractivity contribution is 5.51. The van der Waals surface area contributed by atoms with Crippen LogP contribution in [-0.2, 0) is 6.54 Å². The summed E-state index contributed by atoms with van der Waals surface area (Å²) in [7, 11) is 1.73. The maximum Gasteiger partial charge on any atom is 0.229 e. The van der Waals surface area contributed by atoms with Gasteiger partial charge in [0.1, 0.15) is 17.8 Å². The van der Waals surface area contributed by atoms with Crippen LogP contribution in [0.2, 0.25) is 0 Å². The molecule has 4 rings (SSSR count). The fraction of sp³-hybridized carbons (Fsp3) is 0.350. The van der Waals surface area contributed by atoms with Gasteiger partial charge in [-0.25, -0.2) is 4.98 Å². The Hall–Kier alpha value is -2.53. The third kappa shape index (κ3) is 3.07. The maximum atomic E-state index is 5.83. The molecule has 0 spiro atoms. The molecular weight excluding hydrogens is 316 g/mol. The van der Waals surface area contributed by atoms with Gasteiger partial charge in [-0.3, -0.25) is 4.90 Å². The van der Waals surface area contributed by atoms with Gasteiger partial charge < -0.3 is 13.6 Å². The molecule has 0 amide bonds. The van der Waals surface area contributed by atoms with Crippen molar-refractivity contribution in [1.29, 1.82) is 0 Å². The summed E-state index contributed by atoms with van der Waals surface area (Å²) in [6.45, 7) is 3.80. The summed E-state index contributed by atoms with van der Waals surface area (Å²) in [6, 6.07) is 10.5. The van der Waals surface area contributed by atoms with Gasteiger partial charge in [0.25, 0.3) is 0 Å². The van der Waals surface area contributed by atoms with Crippen molar-refractivity contribution in [2.75, 3.05) is 13.7 Å². The third-order valence-corrected chi connectivity index (χ3v) is 4.88. The smallest absolute Gasteiger partial charge is 0.229 e. The first-order chi connectivity index (χ1) is 12.3. The van der Waals surface area contributed by atoms with E-state index >= 15 is 0 Å². The van der Waals surface area contributed by atoms with Crippen LogP contribution in [0, 0.1) is 6.92 Å². The zero-order chi connectivity index (χ0) is 17.2. The molecule has 1 atom stereocenters. The van der Waals surface area contributed by atoms with Crippen molar-refractivity contribution in [3.8, 4) is 17.2 Å². The fourth-order valence-corrected chi connectivity index (χ4v) is 3.59. The number of ether oxygens (including phenoxy) is 1. The van der Waals surface area contributed by atoms with Gasteiger partial charge in [-0.15, -0.1) is 0 Å². The zero-order valence-electron chi connectivity index (χ0n) is 14.6. The number of likely N-dealkylation sites (tertiary alicyclic amines) is 1. The molecule has 130 valence electrons. The van der Waals surface area contributed by atoms with Crippen LogP contribution in [0.4, 0.5) is 0 Å². The van der Waals surface area contributed by atoms with Gasteiger partial charge in [0.05, 0.1) is 24.6 Å². The molecule has 1 aromatic carbocycles. The lowest BCUT2D eigenvalue weighted by molar-refractivity contribution is 0.239. The summed E-state index contributed by atoms with van der Waals surface area (Å²) < 4.78 is 16.5. The highest BCUT2D eigenvalue weighted by atomic mass is 16.5. The largest absolute Gasteiger partial charge is 0.496 e. The van der Waals surface area contributed by atoms with Crippen molar-refractivity contribution in [2.24, 2.45) is 0 Å². The van der Waals surface area contributed by atoms with E-state index in [0.717, 1.165) is 42.3 Å². The lowest BCUT2D eigenvalue weighted by Crippen LogP contribution is -2.23. The monoisotopic (exact) mass is 338 g/mol. The SMILES string of the molecule is COc1ccccc1C1CCCN1Cc1nc(-c2ccoc2)oc1C. The van der Waals surface area contributed by atoms with Gasteiger partial charge in [0, 0.05) is 18.2 Å². The minimum absolute atomic E-state index is 0.352. The number of methoxy groups -OCH3 is 1. The summed E-state index contributed by atoms with van der Waals surface area (Å²) in [5.74, 6) is 2.44. The van der Waals surface area contributed by atoms with E-state index < -0.39 is 0 Å². The van der Waals surface area contributed by atoms with Crippen LogP contribution >= 0.6 is 0 Å². The summed E-state index contributed by atoms with van der Waals surface area (Å²) in [4.78, 5) is 7.15. The van der Waals surface area contributed by atoms with E-state index in [-0.39, 0.29) is 0 Å². The van der Waals surface area contributed by atoms with E-state index in [1.54, 1.807) is 19.6 Å². The molecule has 3 aromatic rings. The quantitative estimate of drug-likeness (QED) is 0.681. The van der Waals surface area contributed by atoms with Gasteiger partial charge in [-0.2, -0.15) is 0 Å². The lowest BCUT2D eigenvalue weighted by atomic mass is 10.0. The molecule has 5 nitrogen and oxygen atoms in total. The average Bonchev–Trinajstić information content (AvgIpc) is 3.37. The average molecular weight is 338 g/mol. The van der Waals surface area contributed by atoms with E-state index in [1.165, 1.54) is 12.0 Å². The molecule has 1 aliphatic heterocycles. The molecule has 1 fully saturated rings. The van der Waals surface area contributed by atoms with Gasteiger partial charge in [0.2, 0.25) is 5.89 Å². The van der Waals surface area contributed by atoms with Gasteiger partial charge in [0.15, 0.2) is 0 Å². The standard InChI is InChI=1S/C20H22N2O3/c1-14-17(21-20(25-14)15-9-11-24-13-15)12-22-10-5-7-18(22)16-6-3-4-8-19(16)23-2/h3-4,6,8-9,11,13,18H,5,7,10,12H2,1-2H3. The minimum Gasteiger partial charge on any atom is -0.496 e. The van der Waals surface area contributed by atoms with Crippen molar-refractivity contribution in [1.82, 2.24) is 9.88 Å². The van der Waals surface area contributed by atoms with E-state index in [1.807, 2.05) is 25.1 Å². The molecule has 0 saturated carbocycles. The molecule has 1 saturated heterocycles. The molecule has 5 heteroatoms. The second-order valence-electron chi connectivity index (χ2n) is 6.40. The molecule has 3 heterocycles. The number of aromatic nitrogens is 1. The van der Waals surface area contributed by atoms with Crippen molar-refractivity contribution in [2.45, 2.75) is 32.4 Å². The second kappa shape index (κ2) is 6.76. The van der Waals surface area contributed by atoms with Gasteiger partial charge in [-0.05, 0) is 38.4 Å². The van der Waals surface area contributed by atoms with Crippen molar-refractivity contribution >= 4 is 0 Å². The zero-order valence-corrected chi connectivity index (χ0v) is 14.6. The Morgan fingerprint density at radius 3 is 2.96 bits per heavy atom. The Morgan fingerprint density at radius 2 is 2.16 bits per heavy atom. The van der Waals surface area contributed by atoms with E-state index in [0.29, 0.717) is 11.9 Å². The van der Waals surface area contributed by atoms with Gasteiger partial charge >= 0.3 is 0 Å². The first-order valence-electron chi connectivity index (χ1n) is 8.62. The topological polar surface area (TPSA) is 51.6 Å². The molecule has 2 aromatic heterocycles. The van der Waals surface area contributed by atoms with Crippen LogP contribution in [-0.4, -0.2) is 23.5 Å². The second-order valence-corrected chi connectivity index (χ2v) is 6.40. The number of aryl methyl sites for hydroxylation is 1. The van der Waals surface area contributed by atoms with Crippen LogP contribution < -0.4 is 4.74 Å². The Morgan fingerprint density at radius 1 is 1.28 bits per heavy atom. The van der Waals surface area contributed by atoms with Crippen LogP contribution in [0.5, 0.6) is 5.75 Å². The fourth-order valence-electron chi connectivity index (χ4n) is 3.59. The molecular formula is C20H22N2O3. The Balaban J connectivity index is 1.58. The number of nitrogens with zero attached hydrogens (tertiary/aromatic N) is 2. The van der Waals surface area contributed by atoms with Gasteiger partial charge in [-0.1, -0.05) is 18.2 Å². The number of oxazole rings is 1. The van der Waals surface area contributed by atoms with E-state index in [4.69, 9.17) is 13.6 Å².